The third kappa shape index (κ3) is 4.32. The summed E-state index contributed by atoms with van der Waals surface area (Å²) >= 11 is 0. The van der Waals surface area contributed by atoms with E-state index in [1.807, 2.05) is 66.7 Å². The predicted octanol–water partition coefficient (Wildman–Crippen LogP) is 4.38. The second-order valence-electron chi connectivity index (χ2n) is 10.3. The molecule has 198 valence electrons. The van der Waals surface area contributed by atoms with Crippen LogP contribution in [0.1, 0.15) is 35.1 Å². The summed E-state index contributed by atoms with van der Waals surface area (Å²) in [5.41, 5.74) is 5.70. The van der Waals surface area contributed by atoms with E-state index in [2.05, 4.69) is 26.5 Å². The molecule has 3 aliphatic rings. The normalized spacial score (nSPS) is 21.8. The van der Waals surface area contributed by atoms with Crippen molar-refractivity contribution in [2.75, 3.05) is 23.4 Å². The van der Waals surface area contributed by atoms with E-state index >= 15 is 0 Å². The van der Waals surface area contributed by atoms with Crippen LogP contribution in [0.5, 0.6) is 0 Å². The molecule has 2 fully saturated rings. The average molecular weight is 531 g/mol. The summed E-state index contributed by atoms with van der Waals surface area (Å²) in [6.45, 7) is 1.30. The van der Waals surface area contributed by atoms with Gasteiger partial charge in [-0.3, -0.25) is 9.79 Å². The highest BCUT2D eigenvalue weighted by atomic mass is 16.5. The smallest absolute Gasteiger partial charge is 0.317 e. The number of anilines is 2. The van der Waals surface area contributed by atoms with Crippen molar-refractivity contribution < 1.29 is 13.9 Å². The predicted molar refractivity (Wildman–Crippen MR) is 149 cm³/mol. The highest BCUT2D eigenvalue weighted by Crippen LogP contribution is 2.40. The number of morpholine rings is 1. The molecule has 3 aromatic carbocycles. The molecule has 0 radical (unpaired) electrons. The Balaban J connectivity index is 1.23. The fourth-order valence-electron chi connectivity index (χ4n) is 5.92. The van der Waals surface area contributed by atoms with Gasteiger partial charge >= 0.3 is 6.01 Å². The number of benzene rings is 3. The van der Waals surface area contributed by atoms with Gasteiger partial charge in [-0.1, -0.05) is 59.7 Å². The molecule has 4 heterocycles. The minimum absolute atomic E-state index is 0.0953. The number of ketones is 1. The Morgan fingerprint density at radius 2 is 1.70 bits per heavy atom. The van der Waals surface area contributed by atoms with E-state index in [0.29, 0.717) is 24.7 Å². The summed E-state index contributed by atoms with van der Waals surface area (Å²) in [5.74, 6) is 0.214. The highest BCUT2D eigenvalue weighted by molar-refractivity contribution is 6.16. The van der Waals surface area contributed by atoms with E-state index in [-0.39, 0.29) is 30.3 Å². The number of fused-ring (bicyclic) bond motifs is 3. The summed E-state index contributed by atoms with van der Waals surface area (Å²) in [5, 5.41) is 21.2. The first-order chi connectivity index (χ1) is 19.7. The number of hydrogen-bond donors (Lipinski definition) is 1. The Kier molecular flexibility index (Phi) is 6.10. The Morgan fingerprint density at radius 3 is 2.50 bits per heavy atom. The monoisotopic (exact) mass is 530 g/mol. The number of nitrogens with zero attached hydrogens (tertiary/aromatic N) is 5. The first kappa shape index (κ1) is 24.2. The molecule has 2 bridgehead atoms. The fourth-order valence-corrected chi connectivity index (χ4v) is 5.92. The number of carbonyl (C=O) groups excluding carboxylic acids is 1. The van der Waals surface area contributed by atoms with Crippen molar-refractivity contribution in [2.24, 2.45) is 4.99 Å². The van der Waals surface area contributed by atoms with Crippen LogP contribution >= 0.6 is 0 Å². The zero-order valence-electron chi connectivity index (χ0n) is 21.7. The fraction of sp³-hybridized carbons (Fsp3) is 0.258. The van der Waals surface area contributed by atoms with E-state index < -0.39 is 6.17 Å². The molecule has 0 spiro atoms. The van der Waals surface area contributed by atoms with Crippen molar-refractivity contribution in [3.05, 3.63) is 95.1 Å². The minimum Gasteiger partial charge on any atom is -0.403 e. The lowest BCUT2D eigenvalue weighted by Crippen LogP contribution is -2.46. The molecule has 2 saturated heterocycles. The van der Waals surface area contributed by atoms with E-state index in [0.717, 1.165) is 46.5 Å². The lowest BCUT2D eigenvalue weighted by molar-refractivity contribution is -0.119. The summed E-state index contributed by atoms with van der Waals surface area (Å²) in [6, 6.07) is 26.0. The van der Waals surface area contributed by atoms with Gasteiger partial charge in [0.15, 0.2) is 11.9 Å². The molecule has 9 heteroatoms. The molecule has 40 heavy (non-hydrogen) atoms. The van der Waals surface area contributed by atoms with Crippen molar-refractivity contribution in [3.63, 3.8) is 0 Å². The molecule has 0 amide bonds. The van der Waals surface area contributed by atoms with Gasteiger partial charge in [-0.05, 0) is 36.6 Å². The highest BCUT2D eigenvalue weighted by Gasteiger charge is 2.39. The molecule has 7 rings (SSSR count). The Bertz CT molecular complexity index is 1640. The molecule has 0 aliphatic carbocycles. The van der Waals surface area contributed by atoms with Gasteiger partial charge in [0.25, 0.3) is 5.89 Å². The van der Waals surface area contributed by atoms with Crippen molar-refractivity contribution in [3.8, 4) is 17.5 Å². The van der Waals surface area contributed by atoms with Crippen LogP contribution in [0.4, 0.5) is 11.7 Å². The number of carbonyl (C=O) groups is 1. The molecule has 4 aromatic rings. The molecule has 2 unspecified atom stereocenters. The molecule has 3 atom stereocenters. The van der Waals surface area contributed by atoms with Crippen LogP contribution in [0, 0.1) is 11.3 Å². The molecule has 1 N–H and O–H groups in total. The minimum atomic E-state index is -0.897. The van der Waals surface area contributed by atoms with E-state index in [1.54, 1.807) is 6.07 Å². The number of nitriles is 1. The van der Waals surface area contributed by atoms with Gasteiger partial charge in [0.1, 0.15) is 0 Å². The first-order valence-corrected chi connectivity index (χ1v) is 13.4. The van der Waals surface area contributed by atoms with Crippen LogP contribution in [0.25, 0.3) is 11.5 Å². The van der Waals surface area contributed by atoms with Crippen molar-refractivity contribution in [2.45, 2.75) is 37.5 Å². The molecular weight excluding hydrogens is 504 g/mol. The van der Waals surface area contributed by atoms with Gasteiger partial charge in [0.2, 0.25) is 0 Å². The maximum atomic E-state index is 13.3. The van der Waals surface area contributed by atoms with Crippen LogP contribution < -0.4 is 10.2 Å². The number of aliphatic imine (C=N–C) groups is 1. The lowest BCUT2D eigenvalue weighted by Gasteiger charge is -2.37. The number of aromatic nitrogens is 2. The Hall–Kier alpha value is -4.81. The van der Waals surface area contributed by atoms with E-state index in [9.17, 15) is 10.1 Å². The second-order valence-corrected chi connectivity index (χ2v) is 10.3. The third-order valence-electron chi connectivity index (χ3n) is 7.81. The van der Waals surface area contributed by atoms with Crippen molar-refractivity contribution >= 4 is 23.2 Å². The van der Waals surface area contributed by atoms with E-state index in [1.165, 1.54) is 0 Å². The summed E-state index contributed by atoms with van der Waals surface area (Å²) in [6.07, 6.45) is 1.40. The zero-order chi connectivity index (χ0) is 27.1. The van der Waals surface area contributed by atoms with Crippen molar-refractivity contribution in [1.82, 2.24) is 10.2 Å². The average Bonchev–Trinajstić information content (AvgIpc) is 3.51. The number of Topliss-reactive ketones (excluding diaryl/α,β-unsaturated/α-hetero) is 1. The second kappa shape index (κ2) is 10.1. The Labute approximate surface area is 231 Å². The van der Waals surface area contributed by atoms with Gasteiger partial charge < -0.3 is 19.4 Å². The first-order valence-electron chi connectivity index (χ1n) is 13.4. The Morgan fingerprint density at radius 1 is 0.925 bits per heavy atom. The summed E-state index contributed by atoms with van der Waals surface area (Å²) in [7, 11) is 0. The third-order valence-corrected chi connectivity index (χ3v) is 7.81. The number of rotatable bonds is 5. The number of hydrogen-bond acceptors (Lipinski definition) is 9. The van der Waals surface area contributed by atoms with Crippen molar-refractivity contribution in [1.29, 1.82) is 5.26 Å². The molecule has 9 nitrogen and oxygen atoms in total. The van der Waals surface area contributed by atoms with Gasteiger partial charge in [0.05, 0.1) is 53.9 Å². The van der Waals surface area contributed by atoms with Gasteiger partial charge in [-0.25, -0.2) is 0 Å². The topological polar surface area (TPSA) is 117 Å². The largest absolute Gasteiger partial charge is 0.403 e. The summed E-state index contributed by atoms with van der Waals surface area (Å²) < 4.78 is 11.9. The van der Waals surface area contributed by atoms with Gasteiger partial charge in [0, 0.05) is 17.5 Å². The number of ether oxygens (including phenoxy) is 1. The lowest BCUT2D eigenvalue weighted by atomic mass is 9.96. The van der Waals surface area contributed by atoms with Crippen LogP contribution in [0.2, 0.25) is 0 Å². The number of nitrogens with one attached hydrogen (secondary N) is 1. The standard InChI is InChI=1S/C31H26N6O3/c32-16-19-10-13-25(26(14-19)37-22-11-12-23(37)18-39-17-22)30-35-36-31(40-30)34-29-27(38)15-21-8-4-5-9-24(21)28(33-29)20-6-2-1-3-7-20/h1-10,13-14,22-23,29H,11-12,15,17-18H2,(H,34,36)/t22?,23?,29-/m1/s1. The van der Waals surface area contributed by atoms with Crippen LogP contribution in [-0.4, -0.2) is 53.2 Å². The van der Waals surface area contributed by atoms with Crippen LogP contribution in [0.3, 0.4) is 0 Å². The van der Waals surface area contributed by atoms with Crippen LogP contribution in [-0.2, 0) is 16.0 Å². The quantitative estimate of drug-likeness (QED) is 0.404. The SMILES string of the molecule is N#Cc1ccc(-c2nnc(N[C@H]3N=C(c4ccccc4)c4ccccc4CC3=O)o2)c(N2C3CCC2COC3)c1. The van der Waals surface area contributed by atoms with Gasteiger partial charge in [-0.2, -0.15) is 5.26 Å². The van der Waals surface area contributed by atoms with E-state index in [4.69, 9.17) is 14.1 Å². The zero-order valence-corrected chi connectivity index (χ0v) is 21.7. The van der Waals surface area contributed by atoms with Crippen LogP contribution in [0.15, 0.2) is 82.2 Å². The maximum Gasteiger partial charge on any atom is 0.317 e. The molecule has 0 saturated carbocycles. The molecule has 1 aromatic heterocycles. The van der Waals surface area contributed by atoms with Gasteiger partial charge in [-0.15, -0.1) is 5.10 Å². The molecule has 3 aliphatic heterocycles. The molecular formula is C31H26N6O3. The summed E-state index contributed by atoms with van der Waals surface area (Å²) in [4.78, 5) is 20.5. The maximum absolute atomic E-state index is 13.3.